The van der Waals surface area contributed by atoms with Gasteiger partial charge < -0.3 is 10.1 Å². The Bertz CT molecular complexity index is 573. The third-order valence-electron chi connectivity index (χ3n) is 4.03. The average molecular weight is 285 g/mol. The summed E-state index contributed by atoms with van der Waals surface area (Å²) in [6.07, 6.45) is 4.37. The van der Waals surface area contributed by atoms with Crippen LogP contribution in [0.15, 0.2) is 30.5 Å². The molecule has 21 heavy (non-hydrogen) atoms. The second-order valence-electron chi connectivity index (χ2n) is 5.85. The number of aromatic nitrogens is 2. The Morgan fingerprint density at radius 2 is 2.38 bits per heavy atom. The number of H-pyrrole nitrogens is 1. The average Bonchev–Trinajstić information content (AvgIpc) is 2.97. The quantitative estimate of drug-likeness (QED) is 0.888. The highest BCUT2D eigenvalue weighted by atomic mass is 16.5. The number of benzene rings is 1. The second-order valence-corrected chi connectivity index (χ2v) is 5.85. The lowest BCUT2D eigenvalue weighted by molar-refractivity contribution is 0.0547. The van der Waals surface area contributed by atoms with E-state index in [4.69, 9.17) is 4.74 Å². The molecular weight excluding hydrogens is 262 g/mol. The van der Waals surface area contributed by atoms with E-state index in [1.807, 2.05) is 6.20 Å². The van der Waals surface area contributed by atoms with E-state index < -0.39 is 0 Å². The molecule has 4 nitrogen and oxygen atoms in total. The van der Waals surface area contributed by atoms with Gasteiger partial charge in [-0.3, -0.25) is 5.10 Å². The predicted molar refractivity (Wildman–Crippen MR) is 84.0 cm³/mol. The lowest BCUT2D eigenvalue weighted by Gasteiger charge is -2.22. The van der Waals surface area contributed by atoms with E-state index >= 15 is 0 Å². The van der Waals surface area contributed by atoms with Crippen molar-refractivity contribution in [1.29, 1.82) is 0 Å². The molecule has 0 aliphatic carbocycles. The monoisotopic (exact) mass is 285 g/mol. The van der Waals surface area contributed by atoms with Crippen LogP contribution in [0.25, 0.3) is 11.3 Å². The Hall–Kier alpha value is -1.65. The molecule has 2 aromatic rings. The first kappa shape index (κ1) is 14.3. The van der Waals surface area contributed by atoms with E-state index in [0.29, 0.717) is 5.92 Å². The fourth-order valence-corrected chi connectivity index (χ4v) is 2.87. The molecule has 1 unspecified atom stereocenters. The maximum atomic E-state index is 5.52. The molecule has 3 rings (SSSR count). The standard InChI is InChI=1S/C17H23N3O/c1-13-4-2-6-15(8-13)17-16(11-19-20-17)10-18-9-14-5-3-7-21-12-14/h2,4,6,8,11,14,18H,3,5,7,9-10,12H2,1H3,(H,19,20). The van der Waals surface area contributed by atoms with Gasteiger partial charge in [0, 0.05) is 30.8 Å². The van der Waals surface area contributed by atoms with Gasteiger partial charge in [-0.05, 0) is 31.7 Å². The van der Waals surface area contributed by atoms with Crippen LogP contribution in [0.5, 0.6) is 0 Å². The van der Waals surface area contributed by atoms with Gasteiger partial charge in [0.2, 0.25) is 0 Å². The van der Waals surface area contributed by atoms with E-state index in [-0.39, 0.29) is 0 Å². The molecule has 0 spiro atoms. The Morgan fingerprint density at radius 3 is 3.19 bits per heavy atom. The molecule has 4 heteroatoms. The molecular formula is C17H23N3O. The van der Waals surface area contributed by atoms with E-state index in [2.05, 4.69) is 46.7 Å². The molecule has 112 valence electrons. The maximum absolute atomic E-state index is 5.52. The van der Waals surface area contributed by atoms with E-state index in [1.165, 1.54) is 29.5 Å². The van der Waals surface area contributed by atoms with Crippen LogP contribution in [0.3, 0.4) is 0 Å². The summed E-state index contributed by atoms with van der Waals surface area (Å²) in [4.78, 5) is 0. The zero-order chi connectivity index (χ0) is 14.5. The molecule has 1 aliphatic heterocycles. The molecule has 2 N–H and O–H groups in total. The van der Waals surface area contributed by atoms with Crippen molar-refractivity contribution in [2.75, 3.05) is 19.8 Å². The molecule has 2 heterocycles. The highest BCUT2D eigenvalue weighted by molar-refractivity contribution is 5.63. The number of aryl methyl sites for hydroxylation is 1. The van der Waals surface area contributed by atoms with Gasteiger partial charge >= 0.3 is 0 Å². The Labute approximate surface area is 125 Å². The fraction of sp³-hybridized carbons (Fsp3) is 0.471. The van der Waals surface area contributed by atoms with Gasteiger partial charge in [-0.1, -0.05) is 23.8 Å². The maximum Gasteiger partial charge on any atom is 0.0695 e. The van der Waals surface area contributed by atoms with Crippen molar-refractivity contribution in [3.8, 4) is 11.3 Å². The van der Waals surface area contributed by atoms with E-state index in [0.717, 1.165) is 32.0 Å². The summed E-state index contributed by atoms with van der Waals surface area (Å²) in [7, 11) is 0. The highest BCUT2D eigenvalue weighted by Gasteiger charge is 2.14. The van der Waals surface area contributed by atoms with Crippen LogP contribution in [0, 0.1) is 12.8 Å². The van der Waals surface area contributed by atoms with Gasteiger partial charge in [-0.15, -0.1) is 0 Å². The minimum atomic E-state index is 0.646. The first-order valence-electron chi connectivity index (χ1n) is 7.70. The SMILES string of the molecule is Cc1cccc(-c2[nH]ncc2CNCC2CCCOC2)c1. The van der Waals surface area contributed by atoms with Crippen molar-refractivity contribution >= 4 is 0 Å². The van der Waals surface area contributed by atoms with Crippen molar-refractivity contribution in [2.45, 2.75) is 26.3 Å². The summed E-state index contributed by atoms with van der Waals surface area (Å²) in [5, 5.41) is 10.9. The van der Waals surface area contributed by atoms with Crippen molar-refractivity contribution in [3.05, 3.63) is 41.6 Å². The second kappa shape index (κ2) is 6.87. The minimum absolute atomic E-state index is 0.646. The van der Waals surface area contributed by atoms with E-state index in [9.17, 15) is 0 Å². The summed E-state index contributed by atoms with van der Waals surface area (Å²) in [5.74, 6) is 0.646. The van der Waals surface area contributed by atoms with Gasteiger partial charge in [0.1, 0.15) is 0 Å². The van der Waals surface area contributed by atoms with Crippen LogP contribution < -0.4 is 5.32 Å². The third-order valence-corrected chi connectivity index (χ3v) is 4.03. The Kier molecular flexibility index (Phi) is 4.68. The number of nitrogens with zero attached hydrogens (tertiary/aromatic N) is 1. The van der Waals surface area contributed by atoms with Crippen LogP contribution in [0.1, 0.15) is 24.0 Å². The number of ether oxygens (including phenoxy) is 1. The van der Waals surface area contributed by atoms with Gasteiger partial charge in [0.05, 0.1) is 18.5 Å². The normalized spacial score (nSPS) is 18.8. The number of aromatic amines is 1. The van der Waals surface area contributed by atoms with Crippen molar-refractivity contribution in [1.82, 2.24) is 15.5 Å². The lowest BCUT2D eigenvalue weighted by Crippen LogP contribution is -2.28. The van der Waals surface area contributed by atoms with Crippen LogP contribution in [0.4, 0.5) is 0 Å². The zero-order valence-electron chi connectivity index (χ0n) is 12.6. The topological polar surface area (TPSA) is 49.9 Å². The molecule has 1 aromatic heterocycles. The zero-order valence-corrected chi connectivity index (χ0v) is 12.6. The Balaban J connectivity index is 1.60. The smallest absolute Gasteiger partial charge is 0.0695 e. The third kappa shape index (κ3) is 3.71. The molecule has 1 fully saturated rings. The first-order chi connectivity index (χ1) is 10.3. The molecule has 1 aliphatic rings. The molecule has 0 amide bonds. The first-order valence-corrected chi connectivity index (χ1v) is 7.70. The van der Waals surface area contributed by atoms with E-state index in [1.54, 1.807) is 0 Å². The van der Waals surface area contributed by atoms with Gasteiger partial charge in [0.15, 0.2) is 0 Å². The summed E-state index contributed by atoms with van der Waals surface area (Å²) < 4.78 is 5.52. The van der Waals surface area contributed by atoms with Crippen LogP contribution in [-0.2, 0) is 11.3 Å². The van der Waals surface area contributed by atoms with Crippen LogP contribution >= 0.6 is 0 Å². The summed E-state index contributed by atoms with van der Waals surface area (Å²) in [6, 6.07) is 8.51. The number of nitrogens with one attached hydrogen (secondary N) is 2. The molecule has 0 radical (unpaired) electrons. The van der Waals surface area contributed by atoms with Crippen molar-refractivity contribution in [2.24, 2.45) is 5.92 Å². The summed E-state index contributed by atoms with van der Waals surface area (Å²) in [6.45, 7) is 5.79. The van der Waals surface area contributed by atoms with Gasteiger partial charge in [-0.25, -0.2) is 0 Å². The predicted octanol–water partition coefficient (Wildman–Crippen LogP) is 2.90. The van der Waals surface area contributed by atoms with Crippen molar-refractivity contribution in [3.63, 3.8) is 0 Å². The van der Waals surface area contributed by atoms with Gasteiger partial charge in [-0.2, -0.15) is 5.10 Å². The minimum Gasteiger partial charge on any atom is -0.381 e. The number of hydrogen-bond donors (Lipinski definition) is 2. The fourth-order valence-electron chi connectivity index (χ4n) is 2.87. The Morgan fingerprint density at radius 1 is 1.43 bits per heavy atom. The van der Waals surface area contributed by atoms with Gasteiger partial charge in [0.25, 0.3) is 0 Å². The lowest BCUT2D eigenvalue weighted by atomic mass is 10.0. The highest BCUT2D eigenvalue weighted by Crippen LogP contribution is 2.22. The molecule has 1 atom stereocenters. The largest absolute Gasteiger partial charge is 0.381 e. The molecule has 1 saturated heterocycles. The number of rotatable bonds is 5. The number of hydrogen-bond acceptors (Lipinski definition) is 3. The summed E-state index contributed by atoms with van der Waals surface area (Å²) in [5.41, 5.74) is 4.80. The molecule has 0 saturated carbocycles. The van der Waals surface area contributed by atoms with Crippen LogP contribution in [0.2, 0.25) is 0 Å². The summed E-state index contributed by atoms with van der Waals surface area (Å²) >= 11 is 0. The van der Waals surface area contributed by atoms with Crippen LogP contribution in [-0.4, -0.2) is 30.0 Å². The molecule has 0 bridgehead atoms. The van der Waals surface area contributed by atoms with Crippen molar-refractivity contribution < 1.29 is 4.74 Å². The molecule has 1 aromatic carbocycles.